The van der Waals surface area contributed by atoms with Crippen molar-refractivity contribution < 1.29 is 30.9 Å². The molecule has 1 aromatic heterocycles. The molecule has 1 aliphatic rings. The molecule has 13 heteroatoms. The summed E-state index contributed by atoms with van der Waals surface area (Å²) in [4.78, 5) is 12.9. The van der Waals surface area contributed by atoms with Crippen LogP contribution in [0.3, 0.4) is 0 Å². The van der Waals surface area contributed by atoms with E-state index in [-0.39, 0.29) is 35.8 Å². The largest absolute Gasteiger partial charge is 0.494 e. The van der Waals surface area contributed by atoms with E-state index in [4.69, 9.17) is 13.7 Å². The summed E-state index contributed by atoms with van der Waals surface area (Å²) in [7, 11) is -2.10. The number of aryl methyl sites for hydroxylation is 1. The summed E-state index contributed by atoms with van der Waals surface area (Å²) in [5.74, 6) is -0.929. The number of rotatable bonds is 11. The molecule has 2 heterocycles. The molecule has 10 nitrogen and oxygen atoms in total. The Morgan fingerprint density at radius 1 is 1.03 bits per heavy atom. The topological polar surface area (TPSA) is 106 Å². The van der Waals surface area contributed by atoms with E-state index in [1.54, 1.807) is 0 Å². The van der Waals surface area contributed by atoms with E-state index < -0.39 is 21.8 Å². The molecule has 1 aliphatic heterocycles. The molecule has 4 rings (SSSR count). The monoisotopic (exact) mass is 563 g/mol. The number of halogens is 2. The van der Waals surface area contributed by atoms with Crippen molar-refractivity contribution in [1.82, 2.24) is 14.9 Å². The van der Waals surface area contributed by atoms with Crippen LogP contribution in [0.1, 0.15) is 11.1 Å². The molecule has 0 atom stereocenters. The number of anilines is 3. The van der Waals surface area contributed by atoms with E-state index in [2.05, 4.69) is 25.1 Å². The van der Waals surface area contributed by atoms with E-state index in [0.29, 0.717) is 12.5 Å². The molecular formula is C26H31F2N5O5S. The van der Waals surface area contributed by atoms with E-state index >= 15 is 0 Å². The fraction of sp³-hybridized carbons (Fsp3) is 0.385. The van der Waals surface area contributed by atoms with Crippen molar-refractivity contribution in [3.05, 3.63) is 65.5 Å². The molecule has 1 N–H and O–H groups in total. The number of nitrogens with one attached hydrogen (secondary N) is 1. The first kappa shape index (κ1) is 28.5. The Hall–Kier alpha value is -3.55. The van der Waals surface area contributed by atoms with Crippen molar-refractivity contribution in [1.29, 1.82) is 0 Å². The van der Waals surface area contributed by atoms with Gasteiger partial charge in [-0.3, -0.25) is 9.08 Å². The summed E-state index contributed by atoms with van der Waals surface area (Å²) in [5, 5.41) is 3.11. The summed E-state index contributed by atoms with van der Waals surface area (Å²) >= 11 is 0. The van der Waals surface area contributed by atoms with Crippen molar-refractivity contribution in [2.45, 2.75) is 13.5 Å². The smallest absolute Gasteiger partial charge is 0.264 e. The van der Waals surface area contributed by atoms with Gasteiger partial charge in [-0.15, -0.1) is 0 Å². The molecule has 1 saturated heterocycles. The van der Waals surface area contributed by atoms with Gasteiger partial charge in [0.2, 0.25) is 5.95 Å². The van der Waals surface area contributed by atoms with Crippen LogP contribution in [0.2, 0.25) is 0 Å². The molecule has 1 fully saturated rings. The van der Waals surface area contributed by atoms with Crippen LogP contribution >= 0.6 is 0 Å². The van der Waals surface area contributed by atoms with Crippen molar-refractivity contribution in [2.75, 3.05) is 62.9 Å². The molecule has 0 radical (unpaired) electrons. The summed E-state index contributed by atoms with van der Waals surface area (Å²) in [6.45, 7) is 5.18. The maximum absolute atomic E-state index is 14.5. The third-order valence-corrected chi connectivity index (χ3v) is 6.83. The average molecular weight is 564 g/mol. The number of benzene rings is 2. The number of ether oxygens (including phenoxy) is 2. The van der Waals surface area contributed by atoms with Gasteiger partial charge in [-0.05, 0) is 42.8 Å². The fourth-order valence-corrected chi connectivity index (χ4v) is 4.50. The van der Waals surface area contributed by atoms with Crippen LogP contribution in [-0.4, -0.2) is 76.0 Å². The van der Waals surface area contributed by atoms with Gasteiger partial charge < -0.3 is 19.7 Å². The highest BCUT2D eigenvalue weighted by Gasteiger charge is 2.19. The summed E-state index contributed by atoms with van der Waals surface area (Å²) < 4.78 is 66.3. The highest BCUT2D eigenvalue weighted by Crippen LogP contribution is 2.27. The van der Waals surface area contributed by atoms with Gasteiger partial charge in [-0.25, -0.2) is 18.7 Å². The first-order valence-electron chi connectivity index (χ1n) is 12.3. The molecule has 2 aromatic carbocycles. The first-order chi connectivity index (χ1) is 18.6. The Labute approximate surface area is 226 Å². The number of aromatic nitrogens is 2. The predicted octanol–water partition coefficient (Wildman–Crippen LogP) is 3.49. The molecule has 0 aliphatic carbocycles. The van der Waals surface area contributed by atoms with E-state index in [1.165, 1.54) is 32.5 Å². The minimum atomic E-state index is -3.41. The van der Waals surface area contributed by atoms with Crippen molar-refractivity contribution >= 4 is 27.4 Å². The zero-order valence-corrected chi connectivity index (χ0v) is 22.8. The number of methoxy groups -OCH3 is 1. The number of hydrogen-bond donors (Lipinski definition) is 1. The average Bonchev–Trinajstić information content (AvgIpc) is 2.92. The quantitative estimate of drug-likeness (QED) is 0.349. The lowest BCUT2D eigenvalue weighted by molar-refractivity contribution is 0.204. The van der Waals surface area contributed by atoms with Gasteiger partial charge in [0, 0.05) is 44.1 Å². The standard InChI is InChI=1S/C26H31F2N5O5S/c1-18-14-23(36-2)25(28)22(24(18)27)17-37-21-15-29-26(30-16-21)31-19-4-6-20(7-5-19)33-10-8-32(9-11-33)12-13-38-39(3,34)35/h4-7,14-16H,8-13,17H2,1-3H3,(H,29,30,31). The Bertz CT molecular complexity index is 1370. The lowest BCUT2D eigenvalue weighted by Gasteiger charge is -2.36. The summed E-state index contributed by atoms with van der Waals surface area (Å²) in [5.41, 5.74) is 1.90. The third-order valence-electron chi connectivity index (χ3n) is 6.24. The van der Waals surface area contributed by atoms with Crippen molar-refractivity contribution in [3.8, 4) is 11.5 Å². The zero-order chi connectivity index (χ0) is 28.0. The third kappa shape index (κ3) is 7.74. The van der Waals surface area contributed by atoms with Crippen LogP contribution in [-0.2, 0) is 20.9 Å². The van der Waals surface area contributed by atoms with Crippen LogP contribution in [0.15, 0.2) is 42.7 Å². The Morgan fingerprint density at radius 2 is 1.69 bits per heavy atom. The Morgan fingerprint density at radius 3 is 2.31 bits per heavy atom. The predicted molar refractivity (Wildman–Crippen MR) is 143 cm³/mol. The first-order valence-corrected chi connectivity index (χ1v) is 14.1. The highest BCUT2D eigenvalue weighted by atomic mass is 32.2. The van der Waals surface area contributed by atoms with E-state index in [9.17, 15) is 17.2 Å². The molecule has 210 valence electrons. The lowest BCUT2D eigenvalue weighted by atomic mass is 10.1. The molecule has 39 heavy (non-hydrogen) atoms. The van der Waals surface area contributed by atoms with Gasteiger partial charge in [0.25, 0.3) is 10.1 Å². The molecular weight excluding hydrogens is 532 g/mol. The molecule has 3 aromatic rings. The van der Waals surface area contributed by atoms with Gasteiger partial charge >= 0.3 is 0 Å². The number of nitrogens with zero attached hydrogens (tertiary/aromatic N) is 4. The van der Waals surface area contributed by atoms with Crippen molar-refractivity contribution in [3.63, 3.8) is 0 Å². The van der Waals surface area contributed by atoms with E-state index in [0.717, 1.165) is 43.8 Å². The second-order valence-corrected chi connectivity index (χ2v) is 10.7. The van der Waals surface area contributed by atoms with Crippen LogP contribution in [0, 0.1) is 18.6 Å². The second-order valence-electron chi connectivity index (χ2n) is 9.06. The van der Waals surface area contributed by atoms with Gasteiger partial charge in [-0.1, -0.05) is 0 Å². The Kier molecular flexibility index (Phi) is 9.15. The van der Waals surface area contributed by atoms with Crippen LogP contribution in [0.4, 0.5) is 26.1 Å². The fourth-order valence-electron chi connectivity index (χ4n) is 4.12. The van der Waals surface area contributed by atoms with Gasteiger partial charge in [0.1, 0.15) is 12.4 Å². The van der Waals surface area contributed by atoms with Gasteiger partial charge in [0.15, 0.2) is 17.3 Å². The number of piperazine rings is 1. The van der Waals surface area contributed by atoms with Gasteiger partial charge in [0.05, 0.1) is 37.9 Å². The van der Waals surface area contributed by atoms with Crippen molar-refractivity contribution in [2.24, 2.45) is 0 Å². The van der Waals surface area contributed by atoms with Crippen LogP contribution in [0.25, 0.3) is 0 Å². The SMILES string of the molecule is COc1cc(C)c(F)c(COc2cnc(Nc3ccc(N4CCN(CCOS(C)(=O)=O)CC4)cc3)nc2)c1F. The molecule has 0 saturated carbocycles. The second kappa shape index (κ2) is 12.5. The summed E-state index contributed by atoms with van der Waals surface area (Å²) in [6, 6.07) is 9.15. The Balaban J connectivity index is 1.27. The van der Waals surface area contributed by atoms with Crippen LogP contribution in [0.5, 0.6) is 11.5 Å². The molecule has 0 amide bonds. The van der Waals surface area contributed by atoms with E-state index in [1.807, 2.05) is 24.3 Å². The van der Waals surface area contributed by atoms with Gasteiger partial charge in [-0.2, -0.15) is 8.42 Å². The summed E-state index contributed by atoms with van der Waals surface area (Å²) in [6.07, 6.45) is 3.90. The maximum atomic E-state index is 14.5. The highest BCUT2D eigenvalue weighted by molar-refractivity contribution is 7.85. The van der Waals surface area contributed by atoms with Crippen LogP contribution < -0.4 is 19.7 Å². The maximum Gasteiger partial charge on any atom is 0.264 e. The molecule has 0 spiro atoms. The number of hydrogen-bond acceptors (Lipinski definition) is 10. The minimum absolute atomic E-state index is 0.0476. The lowest BCUT2D eigenvalue weighted by Crippen LogP contribution is -2.47. The molecule has 0 bridgehead atoms. The normalized spacial score (nSPS) is 14.3. The molecule has 0 unspecified atom stereocenters. The minimum Gasteiger partial charge on any atom is -0.494 e. The zero-order valence-electron chi connectivity index (χ0n) is 22.0.